The number of nitrogens with zero attached hydrogens (tertiary/aromatic N) is 1. The van der Waals surface area contributed by atoms with E-state index in [0.717, 1.165) is 11.8 Å². The van der Waals surface area contributed by atoms with Gasteiger partial charge in [0.1, 0.15) is 0 Å². The van der Waals surface area contributed by atoms with Crippen molar-refractivity contribution < 1.29 is 44.5 Å². The zero-order valence-corrected chi connectivity index (χ0v) is 8.43. The summed E-state index contributed by atoms with van der Waals surface area (Å²) in [7, 11) is 0. The molecule has 0 heterocycles. The molecule has 4 amide bonds. The van der Waals surface area contributed by atoms with Crippen LogP contribution in [0.25, 0.3) is 5.32 Å². The van der Waals surface area contributed by atoms with E-state index in [1.807, 2.05) is 0 Å². The van der Waals surface area contributed by atoms with Gasteiger partial charge in [-0.1, -0.05) is 0 Å². The van der Waals surface area contributed by atoms with Gasteiger partial charge in [0.15, 0.2) is 0 Å². The summed E-state index contributed by atoms with van der Waals surface area (Å²) in [5, 5.41) is 4.38. The quantitative estimate of drug-likeness (QED) is 0.387. The Bertz CT molecular complexity index is 315. The van der Waals surface area contributed by atoms with Crippen LogP contribution < -0.4 is 5.32 Å². The van der Waals surface area contributed by atoms with Crippen molar-refractivity contribution in [3.8, 4) is 0 Å². The SMILES string of the molecule is CC(=O)NC(=O)OOC(=O)[N-]C(=O)[CH]=[Fe+]. The third-order valence-corrected chi connectivity index (χ3v) is 1.03. The Kier molecular flexibility index (Phi) is 5.91. The molecule has 0 bridgehead atoms. The summed E-state index contributed by atoms with van der Waals surface area (Å²) >= 11 is 3.03. The Balaban J connectivity index is 3.80. The predicted molar refractivity (Wildman–Crippen MR) is 41.2 cm³/mol. The Morgan fingerprint density at radius 2 is 1.87 bits per heavy atom. The summed E-state index contributed by atoms with van der Waals surface area (Å²) in [6.07, 6.45) is -2.73. The molecule has 15 heavy (non-hydrogen) atoms. The zero-order chi connectivity index (χ0) is 11.8. The van der Waals surface area contributed by atoms with Crippen molar-refractivity contribution in [3.05, 3.63) is 5.32 Å². The van der Waals surface area contributed by atoms with Gasteiger partial charge in [-0.3, -0.25) is 0 Å². The van der Waals surface area contributed by atoms with E-state index in [1.54, 1.807) is 5.32 Å². The van der Waals surface area contributed by atoms with Crippen molar-refractivity contribution in [2.24, 2.45) is 0 Å². The van der Waals surface area contributed by atoms with E-state index in [0.29, 0.717) is 0 Å². The molecule has 9 heteroatoms. The van der Waals surface area contributed by atoms with E-state index >= 15 is 0 Å². The van der Waals surface area contributed by atoms with Crippen LogP contribution in [0.4, 0.5) is 9.59 Å². The first kappa shape index (κ1) is 13.3. The number of nitrogens with one attached hydrogen (secondary N) is 1. The van der Waals surface area contributed by atoms with Crippen LogP contribution in [0.2, 0.25) is 0 Å². The Labute approximate surface area is 91.6 Å². The Morgan fingerprint density at radius 1 is 1.27 bits per heavy atom. The molecule has 0 aromatic heterocycles. The normalized spacial score (nSPS) is 8.33. The van der Waals surface area contributed by atoms with E-state index in [9.17, 15) is 19.2 Å². The topological polar surface area (TPSA) is 113 Å². The summed E-state index contributed by atoms with van der Waals surface area (Å²) in [5.41, 5.74) is 0. The van der Waals surface area contributed by atoms with Crippen molar-refractivity contribution >= 4 is 28.9 Å². The van der Waals surface area contributed by atoms with Crippen molar-refractivity contribution in [1.29, 1.82) is 0 Å². The molecule has 0 unspecified atom stereocenters. The van der Waals surface area contributed by atoms with Crippen LogP contribution in [0.5, 0.6) is 0 Å². The Hall–Kier alpha value is -1.73. The van der Waals surface area contributed by atoms with Crippen molar-refractivity contribution in [3.63, 3.8) is 0 Å². The van der Waals surface area contributed by atoms with Crippen LogP contribution in [-0.4, -0.2) is 28.9 Å². The third kappa shape index (κ3) is 7.35. The molecule has 0 aliphatic rings. The number of carbonyl (C=O) groups excluding carboxylic acids is 4. The summed E-state index contributed by atoms with van der Waals surface area (Å²) < 4.78 is 0. The molecule has 0 fully saturated rings. The number of carbonyl (C=O) groups is 4. The minimum absolute atomic E-state index is 0.699. The third-order valence-electron chi connectivity index (χ3n) is 0.756. The molecule has 0 saturated heterocycles. The average Bonchev–Trinajstić information content (AvgIpc) is 2.13. The van der Waals surface area contributed by atoms with Crippen LogP contribution in [0.3, 0.4) is 0 Å². The maximum absolute atomic E-state index is 10.6. The predicted octanol–water partition coefficient (Wildman–Crippen LogP) is -0.440. The van der Waals surface area contributed by atoms with Gasteiger partial charge in [-0.05, 0) is 0 Å². The molecule has 0 radical (unpaired) electrons. The summed E-state index contributed by atoms with van der Waals surface area (Å²) in [5.74, 6) is -1.65. The van der Waals surface area contributed by atoms with E-state index in [1.165, 1.54) is 0 Å². The number of hydrogen-bond donors (Lipinski definition) is 1. The fraction of sp³-hybridized carbons (Fsp3) is 0.167. The molecule has 0 atom stereocenters. The first-order chi connectivity index (χ1) is 6.95. The Morgan fingerprint density at radius 3 is 2.33 bits per heavy atom. The van der Waals surface area contributed by atoms with Crippen LogP contribution in [0.1, 0.15) is 6.92 Å². The molecule has 0 aromatic carbocycles. The second kappa shape index (κ2) is 6.68. The molecule has 1 N–H and O–H groups in total. The van der Waals surface area contributed by atoms with E-state index < -0.39 is 24.0 Å². The second-order valence-electron chi connectivity index (χ2n) is 1.95. The number of amides is 4. The summed E-state index contributed by atoms with van der Waals surface area (Å²) in [4.78, 5) is 50.1. The molecule has 0 spiro atoms. The zero-order valence-electron chi connectivity index (χ0n) is 7.33. The number of hydrogen-bond acceptors (Lipinski definition) is 6. The fourth-order valence-electron chi connectivity index (χ4n) is 0.369. The molecule has 0 aromatic rings. The molecule has 0 aliphatic carbocycles. The van der Waals surface area contributed by atoms with Gasteiger partial charge in [0, 0.05) is 0 Å². The number of rotatable bonds is 1. The first-order valence-electron chi connectivity index (χ1n) is 3.33. The van der Waals surface area contributed by atoms with Crippen LogP contribution >= 0.6 is 0 Å². The number of imide groups is 2. The monoisotopic (exact) mass is 257 g/mol. The van der Waals surface area contributed by atoms with Gasteiger partial charge in [-0.2, -0.15) is 0 Å². The molecule has 0 saturated carbocycles. The maximum atomic E-state index is 10.6. The molecule has 8 nitrogen and oxygen atoms in total. The summed E-state index contributed by atoms with van der Waals surface area (Å²) in [6, 6.07) is 0. The van der Waals surface area contributed by atoms with Crippen LogP contribution in [-0.2, 0) is 34.9 Å². The fourth-order valence-corrected chi connectivity index (χ4v) is 0.441. The average molecular weight is 257 g/mol. The van der Waals surface area contributed by atoms with Gasteiger partial charge in [0.25, 0.3) is 0 Å². The van der Waals surface area contributed by atoms with E-state index in [4.69, 9.17) is 0 Å². The van der Waals surface area contributed by atoms with Crippen LogP contribution in [0, 0.1) is 0 Å². The molecular formula is C6H5FeN2O6. The van der Waals surface area contributed by atoms with Gasteiger partial charge < -0.3 is 0 Å². The molecular weight excluding hydrogens is 252 g/mol. The van der Waals surface area contributed by atoms with Crippen molar-refractivity contribution in [2.75, 3.05) is 0 Å². The van der Waals surface area contributed by atoms with Gasteiger partial charge >= 0.3 is 91.0 Å². The molecule has 0 rings (SSSR count). The summed E-state index contributed by atoms with van der Waals surface area (Å²) in [6.45, 7) is 1.05. The molecule has 0 aliphatic heterocycles. The van der Waals surface area contributed by atoms with E-state index in [2.05, 4.69) is 30.7 Å². The second-order valence-corrected chi connectivity index (χ2v) is 2.27. The van der Waals surface area contributed by atoms with Gasteiger partial charge in [-0.25, -0.2) is 0 Å². The van der Waals surface area contributed by atoms with Crippen molar-refractivity contribution in [1.82, 2.24) is 5.32 Å². The van der Waals surface area contributed by atoms with Gasteiger partial charge in [0.2, 0.25) is 0 Å². The first-order valence-corrected chi connectivity index (χ1v) is 3.97. The van der Waals surface area contributed by atoms with Gasteiger partial charge in [-0.15, -0.1) is 0 Å². The van der Waals surface area contributed by atoms with Crippen LogP contribution in [0.15, 0.2) is 0 Å². The van der Waals surface area contributed by atoms with Gasteiger partial charge in [0.05, 0.1) is 0 Å². The van der Waals surface area contributed by atoms with Crippen molar-refractivity contribution in [2.45, 2.75) is 6.92 Å². The standard InChI is InChI=1S/C6H6N2O6.Fe/c1-3(9)7-5(11)13-14-6(12)8-4(2)10;/h1H,2H3,(H2,7,8,9,10,11,12);/q;+1/p-1. The van der Waals surface area contributed by atoms with E-state index in [-0.39, 0.29) is 0 Å². The molecule has 83 valence electrons. The minimum atomic E-state index is -1.43.